The number of alkyl halides is 3. The van der Waals surface area contributed by atoms with Gasteiger partial charge in [0.15, 0.2) is 0 Å². The molecule has 4 N–H and O–H groups in total. The van der Waals surface area contributed by atoms with Gasteiger partial charge in [-0.3, -0.25) is 0 Å². The summed E-state index contributed by atoms with van der Waals surface area (Å²) in [5.41, 5.74) is 9.97. The highest BCUT2D eigenvalue weighted by atomic mass is 19.4. The molecule has 1 aromatic rings. The molecule has 6 heteroatoms. The lowest BCUT2D eigenvalue weighted by Gasteiger charge is -2.14. The number of hydrogen-bond acceptors (Lipinski definition) is 2. The summed E-state index contributed by atoms with van der Waals surface area (Å²) in [4.78, 5) is 0. The average Bonchev–Trinajstić information content (AvgIpc) is 2.25. The monoisotopic (exact) mass is 250 g/mol. The summed E-state index contributed by atoms with van der Waals surface area (Å²) in [6, 6.07) is 2.27. The minimum absolute atomic E-state index is 0.271. The van der Waals surface area contributed by atoms with Crippen molar-refractivity contribution in [3.8, 4) is 0 Å². The molecule has 2 nitrogen and oxygen atoms in total. The summed E-state index contributed by atoms with van der Waals surface area (Å²) in [7, 11) is 0. The third-order valence-electron chi connectivity index (χ3n) is 2.44. The first-order valence-corrected chi connectivity index (χ1v) is 5.18. The van der Waals surface area contributed by atoms with Gasteiger partial charge in [-0.2, -0.15) is 13.2 Å². The predicted octanol–water partition coefficient (Wildman–Crippen LogP) is 2.58. The zero-order valence-electron chi connectivity index (χ0n) is 9.10. The van der Waals surface area contributed by atoms with Crippen LogP contribution < -0.4 is 11.5 Å². The first-order chi connectivity index (χ1) is 7.86. The molecule has 0 aliphatic carbocycles. The van der Waals surface area contributed by atoms with E-state index in [0.29, 0.717) is 19.4 Å². The topological polar surface area (TPSA) is 52.0 Å². The highest BCUT2D eigenvalue weighted by molar-refractivity contribution is 5.29. The molecule has 0 saturated carbocycles. The SMILES string of the molecule is NCCC[C@@H](N)c1ccc(F)c(C(F)(F)F)c1. The molecule has 0 heterocycles. The predicted molar refractivity (Wildman–Crippen MR) is 56.6 cm³/mol. The van der Waals surface area contributed by atoms with E-state index in [-0.39, 0.29) is 5.56 Å². The first-order valence-electron chi connectivity index (χ1n) is 5.18. The summed E-state index contributed by atoms with van der Waals surface area (Å²) < 4.78 is 50.3. The molecule has 0 aromatic heterocycles. The lowest BCUT2D eigenvalue weighted by molar-refractivity contribution is -0.140. The van der Waals surface area contributed by atoms with Crippen molar-refractivity contribution in [3.63, 3.8) is 0 Å². The molecule has 0 aliphatic heterocycles. The van der Waals surface area contributed by atoms with Crippen molar-refractivity contribution < 1.29 is 17.6 Å². The van der Waals surface area contributed by atoms with E-state index >= 15 is 0 Å². The zero-order chi connectivity index (χ0) is 13.1. The number of benzene rings is 1. The Labute approximate surface area is 96.6 Å². The molecule has 1 rings (SSSR count). The van der Waals surface area contributed by atoms with E-state index < -0.39 is 23.6 Å². The van der Waals surface area contributed by atoms with Gasteiger partial charge < -0.3 is 11.5 Å². The van der Waals surface area contributed by atoms with Crippen LogP contribution in [0.4, 0.5) is 17.6 Å². The second-order valence-corrected chi connectivity index (χ2v) is 3.77. The lowest BCUT2D eigenvalue weighted by Crippen LogP contribution is -2.15. The highest BCUT2D eigenvalue weighted by Crippen LogP contribution is 2.33. The highest BCUT2D eigenvalue weighted by Gasteiger charge is 2.34. The molecule has 0 radical (unpaired) electrons. The van der Waals surface area contributed by atoms with E-state index in [9.17, 15) is 17.6 Å². The molecule has 0 amide bonds. The molecule has 1 atom stereocenters. The number of rotatable bonds is 4. The fraction of sp³-hybridized carbons (Fsp3) is 0.455. The van der Waals surface area contributed by atoms with Crippen LogP contribution in [0.25, 0.3) is 0 Å². The van der Waals surface area contributed by atoms with E-state index in [1.807, 2.05) is 0 Å². The van der Waals surface area contributed by atoms with Crippen molar-refractivity contribution in [3.05, 3.63) is 35.1 Å². The van der Waals surface area contributed by atoms with Crippen molar-refractivity contribution in [2.45, 2.75) is 25.1 Å². The maximum Gasteiger partial charge on any atom is 0.419 e. The van der Waals surface area contributed by atoms with Gasteiger partial charge in [0.25, 0.3) is 0 Å². The third-order valence-corrected chi connectivity index (χ3v) is 2.44. The number of halogens is 4. The summed E-state index contributed by atoms with van der Waals surface area (Å²) in [5.74, 6) is -1.28. The molecular formula is C11H14F4N2. The maximum atomic E-state index is 13.0. The Morgan fingerprint density at radius 1 is 1.24 bits per heavy atom. The van der Waals surface area contributed by atoms with Crippen LogP contribution in [0, 0.1) is 5.82 Å². The van der Waals surface area contributed by atoms with Crippen LogP contribution in [-0.4, -0.2) is 6.54 Å². The zero-order valence-corrected chi connectivity index (χ0v) is 9.10. The Hall–Kier alpha value is -1.14. The van der Waals surface area contributed by atoms with Gasteiger partial charge in [0.1, 0.15) is 5.82 Å². The van der Waals surface area contributed by atoms with Crippen LogP contribution in [0.2, 0.25) is 0 Å². The molecule has 0 bridgehead atoms. The summed E-state index contributed by atoms with van der Waals surface area (Å²) in [6.07, 6.45) is -3.62. The first kappa shape index (κ1) is 13.9. The maximum absolute atomic E-state index is 13.0. The van der Waals surface area contributed by atoms with Gasteiger partial charge in [0, 0.05) is 6.04 Å². The Kier molecular flexibility index (Phi) is 4.47. The largest absolute Gasteiger partial charge is 0.419 e. The second kappa shape index (κ2) is 5.46. The standard InChI is InChI=1S/C11H14F4N2/c12-9-4-3-7(10(17)2-1-5-16)6-8(9)11(13,14)15/h3-4,6,10H,1-2,5,16-17H2/t10-/m1/s1. The average molecular weight is 250 g/mol. The summed E-state index contributed by atoms with van der Waals surface area (Å²) in [5, 5.41) is 0. The van der Waals surface area contributed by atoms with Crippen molar-refractivity contribution in [1.29, 1.82) is 0 Å². The van der Waals surface area contributed by atoms with Crippen LogP contribution in [0.3, 0.4) is 0 Å². The van der Waals surface area contributed by atoms with Crippen molar-refractivity contribution in [2.75, 3.05) is 6.54 Å². The van der Waals surface area contributed by atoms with Gasteiger partial charge >= 0.3 is 6.18 Å². The molecular weight excluding hydrogens is 236 g/mol. The van der Waals surface area contributed by atoms with Crippen LogP contribution in [0.1, 0.15) is 30.0 Å². The van der Waals surface area contributed by atoms with Crippen molar-refractivity contribution in [1.82, 2.24) is 0 Å². The molecule has 0 spiro atoms. The van der Waals surface area contributed by atoms with Crippen molar-refractivity contribution >= 4 is 0 Å². The number of nitrogens with two attached hydrogens (primary N) is 2. The van der Waals surface area contributed by atoms with E-state index in [1.165, 1.54) is 6.07 Å². The van der Waals surface area contributed by atoms with Crippen LogP contribution in [0.15, 0.2) is 18.2 Å². The molecule has 17 heavy (non-hydrogen) atoms. The molecule has 0 fully saturated rings. The summed E-state index contributed by atoms with van der Waals surface area (Å²) >= 11 is 0. The fourth-order valence-electron chi connectivity index (χ4n) is 1.50. The van der Waals surface area contributed by atoms with E-state index in [2.05, 4.69) is 0 Å². The van der Waals surface area contributed by atoms with E-state index in [0.717, 1.165) is 12.1 Å². The Bertz CT molecular complexity index is 376. The molecule has 0 unspecified atom stereocenters. The lowest BCUT2D eigenvalue weighted by atomic mass is 10.00. The van der Waals surface area contributed by atoms with Gasteiger partial charge in [0.2, 0.25) is 0 Å². The van der Waals surface area contributed by atoms with Gasteiger partial charge in [-0.1, -0.05) is 6.07 Å². The molecule has 0 aliphatic rings. The minimum Gasteiger partial charge on any atom is -0.330 e. The molecule has 96 valence electrons. The van der Waals surface area contributed by atoms with Gasteiger partial charge in [-0.25, -0.2) is 4.39 Å². The van der Waals surface area contributed by atoms with Crippen LogP contribution in [-0.2, 0) is 6.18 Å². The smallest absolute Gasteiger partial charge is 0.330 e. The quantitative estimate of drug-likeness (QED) is 0.807. The Morgan fingerprint density at radius 3 is 2.41 bits per heavy atom. The second-order valence-electron chi connectivity index (χ2n) is 3.77. The van der Waals surface area contributed by atoms with E-state index in [4.69, 9.17) is 11.5 Å². The minimum atomic E-state index is -4.70. The normalized spacial score (nSPS) is 13.8. The van der Waals surface area contributed by atoms with Gasteiger partial charge in [0.05, 0.1) is 5.56 Å². The molecule has 0 saturated heterocycles. The van der Waals surface area contributed by atoms with Gasteiger partial charge in [-0.15, -0.1) is 0 Å². The number of hydrogen-bond donors (Lipinski definition) is 2. The Balaban J connectivity index is 2.96. The van der Waals surface area contributed by atoms with Crippen molar-refractivity contribution in [2.24, 2.45) is 11.5 Å². The van der Waals surface area contributed by atoms with E-state index in [1.54, 1.807) is 0 Å². The third kappa shape index (κ3) is 3.67. The molecule has 1 aromatic carbocycles. The summed E-state index contributed by atoms with van der Waals surface area (Å²) in [6.45, 7) is 0.418. The van der Waals surface area contributed by atoms with Crippen LogP contribution >= 0.6 is 0 Å². The fourth-order valence-corrected chi connectivity index (χ4v) is 1.50. The Morgan fingerprint density at radius 2 is 1.88 bits per heavy atom. The van der Waals surface area contributed by atoms with Gasteiger partial charge in [-0.05, 0) is 37.1 Å². The van der Waals surface area contributed by atoms with Crippen LogP contribution in [0.5, 0.6) is 0 Å².